The van der Waals surface area contributed by atoms with Gasteiger partial charge in [-0.2, -0.15) is 0 Å². The molecule has 1 aromatic heterocycles. The Balaban J connectivity index is 1.93. The van der Waals surface area contributed by atoms with Crippen molar-refractivity contribution in [2.45, 2.75) is 51.7 Å². The van der Waals surface area contributed by atoms with Crippen molar-refractivity contribution >= 4 is 5.91 Å². The van der Waals surface area contributed by atoms with Crippen molar-refractivity contribution in [2.24, 2.45) is 0 Å². The summed E-state index contributed by atoms with van der Waals surface area (Å²) in [5, 5.41) is 9.85. The second kappa shape index (κ2) is 4.76. The third-order valence-electron chi connectivity index (χ3n) is 3.82. The molecule has 0 radical (unpaired) electrons. The topological polar surface area (TPSA) is 53.7 Å². The van der Waals surface area contributed by atoms with Gasteiger partial charge < -0.3 is 14.4 Å². The summed E-state index contributed by atoms with van der Waals surface area (Å²) in [5.74, 6) is 1.80. The third-order valence-corrected chi connectivity index (χ3v) is 3.82. The number of nitrogens with zero attached hydrogens (tertiary/aromatic N) is 1. The molecular formula is C14H21NO3. The van der Waals surface area contributed by atoms with Crippen LogP contribution in [0.2, 0.25) is 0 Å². The van der Waals surface area contributed by atoms with E-state index < -0.39 is 11.6 Å². The molecule has 1 unspecified atom stereocenters. The maximum Gasteiger partial charge on any atom is 0.223 e. The van der Waals surface area contributed by atoms with Crippen LogP contribution in [0.1, 0.15) is 38.2 Å². The summed E-state index contributed by atoms with van der Waals surface area (Å²) in [6.07, 6.45) is 1.30. The SMILES string of the molecule is Cc1ccc(CCC(=O)N2CCC(O)C2(C)C)o1. The van der Waals surface area contributed by atoms with Gasteiger partial charge in [-0.1, -0.05) is 0 Å². The van der Waals surface area contributed by atoms with Gasteiger partial charge in [-0.3, -0.25) is 4.79 Å². The zero-order valence-electron chi connectivity index (χ0n) is 11.3. The maximum atomic E-state index is 12.2. The Hall–Kier alpha value is -1.29. The third kappa shape index (κ3) is 2.43. The van der Waals surface area contributed by atoms with Gasteiger partial charge in [-0.15, -0.1) is 0 Å². The molecule has 1 aliphatic heterocycles. The first kappa shape index (κ1) is 13.1. The van der Waals surface area contributed by atoms with Crippen LogP contribution < -0.4 is 0 Å². The smallest absolute Gasteiger partial charge is 0.223 e. The fourth-order valence-corrected chi connectivity index (χ4v) is 2.50. The molecule has 0 bridgehead atoms. The molecule has 0 saturated carbocycles. The molecule has 18 heavy (non-hydrogen) atoms. The highest BCUT2D eigenvalue weighted by Gasteiger charge is 2.42. The first-order chi connectivity index (χ1) is 8.41. The standard InChI is InChI=1S/C14H21NO3/c1-10-4-5-11(18-10)6-7-13(17)15-9-8-12(16)14(15,2)3/h4-5,12,16H,6-9H2,1-3H3. The lowest BCUT2D eigenvalue weighted by atomic mass is 9.98. The van der Waals surface area contributed by atoms with Gasteiger partial charge in [0, 0.05) is 19.4 Å². The first-order valence-electron chi connectivity index (χ1n) is 6.45. The lowest BCUT2D eigenvalue weighted by molar-refractivity contribution is -0.136. The highest BCUT2D eigenvalue weighted by molar-refractivity contribution is 5.77. The van der Waals surface area contributed by atoms with Gasteiger partial charge in [-0.05, 0) is 39.3 Å². The van der Waals surface area contributed by atoms with E-state index in [1.807, 2.05) is 32.9 Å². The molecular weight excluding hydrogens is 230 g/mol. The van der Waals surface area contributed by atoms with Crippen molar-refractivity contribution in [2.75, 3.05) is 6.54 Å². The van der Waals surface area contributed by atoms with Crippen LogP contribution in [0.3, 0.4) is 0 Å². The molecule has 0 aromatic carbocycles. The summed E-state index contributed by atoms with van der Waals surface area (Å²) in [6, 6.07) is 3.82. The second-order valence-electron chi connectivity index (χ2n) is 5.52. The van der Waals surface area contributed by atoms with E-state index in [-0.39, 0.29) is 5.91 Å². The molecule has 1 aliphatic rings. The van der Waals surface area contributed by atoms with Crippen LogP contribution in [-0.4, -0.2) is 34.1 Å². The number of amides is 1. The van der Waals surface area contributed by atoms with E-state index in [1.165, 1.54) is 0 Å². The van der Waals surface area contributed by atoms with E-state index in [2.05, 4.69) is 0 Å². The van der Waals surface area contributed by atoms with Gasteiger partial charge in [0.1, 0.15) is 11.5 Å². The molecule has 4 heteroatoms. The number of aliphatic hydroxyl groups is 1. The number of hydrogen-bond acceptors (Lipinski definition) is 3. The van der Waals surface area contributed by atoms with Gasteiger partial charge in [0.25, 0.3) is 0 Å². The summed E-state index contributed by atoms with van der Waals surface area (Å²) < 4.78 is 5.45. The average Bonchev–Trinajstić information content (AvgIpc) is 2.82. The average molecular weight is 251 g/mol. The molecule has 4 nitrogen and oxygen atoms in total. The zero-order valence-corrected chi connectivity index (χ0v) is 11.3. The number of aryl methyl sites for hydroxylation is 2. The Labute approximate surface area is 108 Å². The lowest BCUT2D eigenvalue weighted by Gasteiger charge is -2.33. The molecule has 0 spiro atoms. The molecule has 1 amide bonds. The highest BCUT2D eigenvalue weighted by atomic mass is 16.3. The zero-order chi connectivity index (χ0) is 13.3. The normalized spacial score (nSPS) is 22.4. The van der Waals surface area contributed by atoms with Gasteiger partial charge in [-0.25, -0.2) is 0 Å². The predicted molar refractivity (Wildman–Crippen MR) is 68.2 cm³/mol. The molecule has 100 valence electrons. The number of carbonyl (C=O) groups is 1. The molecule has 1 N–H and O–H groups in total. The maximum absolute atomic E-state index is 12.2. The van der Waals surface area contributed by atoms with Crippen LogP contribution >= 0.6 is 0 Å². The number of hydrogen-bond donors (Lipinski definition) is 1. The van der Waals surface area contributed by atoms with E-state index in [0.29, 0.717) is 25.8 Å². The van der Waals surface area contributed by atoms with Gasteiger partial charge >= 0.3 is 0 Å². The molecule has 2 heterocycles. The minimum Gasteiger partial charge on any atom is -0.466 e. The minimum absolute atomic E-state index is 0.0885. The van der Waals surface area contributed by atoms with Crippen molar-refractivity contribution in [1.82, 2.24) is 4.90 Å². The number of aliphatic hydroxyl groups excluding tert-OH is 1. The molecule has 1 saturated heterocycles. The van der Waals surface area contributed by atoms with Crippen molar-refractivity contribution in [3.8, 4) is 0 Å². The number of likely N-dealkylation sites (tertiary alicyclic amines) is 1. The van der Waals surface area contributed by atoms with E-state index in [4.69, 9.17) is 4.42 Å². The molecule has 0 aliphatic carbocycles. The van der Waals surface area contributed by atoms with E-state index >= 15 is 0 Å². The fourth-order valence-electron chi connectivity index (χ4n) is 2.50. The fraction of sp³-hybridized carbons (Fsp3) is 0.643. The van der Waals surface area contributed by atoms with Crippen LogP contribution in [0.15, 0.2) is 16.5 Å². The second-order valence-corrected chi connectivity index (χ2v) is 5.52. The summed E-state index contributed by atoms with van der Waals surface area (Å²) in [6.45, 7) is 6.37. The van der Waals surface area contributed by atoms with Gasteiger partial charge in [0.05, 0.1) is 11.6 Å². The molecule has 1 fully saturated rings. The summed E-state index contributed by atoms with van der Waals surface area (Å²) in [7, 11) is 0. The van der Waals surface area contributed by atoms with Crippen molar-refractivity contribution in [3.05, 3.63) is 23.7 Å². The monoisotopic (exact) mass is 251 g/mol. The van der Waals surface area contributed by atoms with Crippen LogP contribution in [0.25, 0.3) is 0 Å². The highest BCUT2D eigenvalue weighted by Crippen LogP contribution is 2.29. The van der Waals surface area contributed by atoms with Crippen LogP contribution in [0.4, 0.5) is 0 Å². The summed E-state index contributed by atoms with van der Waals surface area (Å²) in [5.41, 5.74) is -0.448. The van der Waals surface area contributed by atoms with Gasteiger partial charge in [0.15, 0.2) is 0 Å². The van der Waals surface area contributed by atoms with Crippen molar-refractivity contribution in [1.29, 1.82) is 0 Å². The molecule has 1 atom stereocenters. The Morgan fingerprint density at radius 3 is 2.78 bits per heavy atom. The Bertz CT molecular complexity index is 436. The van der Waals surface area contributed by atoms with Crippen molar-refractivity contribution in [3.63, 3.8) is 0 Å². The number of rotatable bonds is 3. The largest absolute Gasteiger partial charge is 0.466 e. The lowest BCUT2D eigenvalue weighted by Crippen LogP contribution is -2.48. The quantitative estimate of drug-likeness (QED) is 0.892. The molecule has 1 aromatic rings. The Morgan fingerprint density at radius 2 is 2.28 bits per heavy atom. The van der Waals surface area contributed by atoms with Crippen molar-refractivity contribution < 1.29 is 14.3 Å². The Morgan fingerprint density at radius 1 is 1.56 bits per heavy atom. The van der Waals surface area contributed by atoms with Crippen LogP contribution in [-0.2, 0) is 11.2 Å². The molecule has 2 rings (SSSR count). The Kier molecular flexibility index (Phi) is 3.48. The van der Waals surface area contributed by atoms with Gasteiger partial charge in [0.2, 0.25) is 5.91 Å². The van der Waals surface area contributed by atoms with Crippen LogP contribution in [0, 0.1) is 6.92 Å². The minimum atomic E-state index is -0.448. The van der Waals surface area contributed by atoms with E-state index in [0.717, 1.165) is 11.5 Å². The first-order valence-corrected chi connectivity index (χ1v) is 6.45. The number of carbonyl (C=O) groups excluding carboxylic acids is 1. The summed E-state index contributed by atoms with van der Waals surface area (Å²) in [4.78, 5) is 13.9. The predicted octanol–water partition coefficient (Wildman–Crippen LogP) is 1.89. The van der Waals surface area contributed by atoms with Crippen LogP contribution in [0.5, 0.6) is 0 Å². The van der Waals surface area contributed by atoms with E-state index in [1.54, 1.807) is 4.90 Å². The number of furan rings is 1. The summed E-state index contributed by atoms with van der Waals surface area (Å²) >= 11 is 0. The van der Waals surface area contributed by atoms with E-state index in [9.17, 15) is 9.90 Å².